The fraction of sp³-hybridized carbons (Fsp3) is 0.333. The molecule has 0 fully saturated rings. The molecular weight excluding hydrogens is 230 g/mol. The van der Waals surface area contributed by atoms with Crippen molar-refractivity contribution < 1.29 is 23.5 Å². The van der Waals surface area contributed by atoms with Gasteiger partial charge in [-0.2, -0.15) is 0 Å². The third-order valence-corrected chi connectivity index (χ3v) is 2.39. The summed E-state index contributed by atoms with van der Waals surface area (Å²) < 4.78 is 25.6. The van der Waals surface area contributed by atoms with Crippen molar-refractivity contribution in [2.45, 2.75) is 20.3 Å². The molecule has 0 amide bonds. The number of halogens is 2. The van der Waals surface area contributed by atoms with E-state index in [9.17, 15) is 18.4 Å². The van der Waals surface area contributed by atoms with E-state index in [-0.39, 0.29) is 12.0 Å². The Morgan fingerprint density at radius 1 is 1.24 bits per heavy atom. The van der Waals surface area contributed by atoms with Gasteiger partial charge in [0.05, 0.1) is 6.42 Å². The molecule has 0 radical (unpaired) electrons. The van der Waals surface area contributed by atoms with E-state index < -0.39 is 28.8 Å². The first-order valence-corrected chi connectivity index (χ1v) is 4.95. The van der Waals surface area contributed by atoms with E-state index in [2.05, 4.69) is 0 Å². The highest BCUT2D eigenvalue weighted by atomic mass is 19.2. The molecule has 1 rings (SSSR count). The van der Waals surface area contributed by atoms with Crippen LogP contribution in [0.1, 0.15) is 30.6 Å². The minimum atomic E-state index is -1.16. The molecule has 1 N–H and O–H groups in total. The standard InChI is InChI=1S/C12H12F2O3/c1-12(2,6-10(15)16)11(17)7-3-4-8(13)9(14)5-7/h3-5H,6H2,1-2H3,(H,15,16). The molecule has 0 saturated carbocycles. The van der Waals surface area contributed by atoms with Crippen LogP contribution in [-0.2, 0) is 4.79 Å². The predicted octanol–water partition coefficient (Wildman–Crippen LogP) is 2.65. The Morgan fingerprint density at radius 3 is 2.29 bits per heavy atom. The average molecular weight is 242 g/mol. The van der Waals surface area contributed by atoms with Gasteiger partial charge in [-0.25, -0.2) is 8.78 Å². The molecule has 0 atom stereocenters. The number of carbonyl (C=O) groups excluding carboxylic acids is 1. The first kappa shape index (κ1) is 13.3. The summed E-state index contributed by atoms with van der Waals surface area (Å²) in [5.74, 6) is -3.82. The minimum absolute atomic E-state index is 0.0323. The van der Waals surface area contributed by atoms with Crippen LogP contribution in [0.15, 0.2) is 18.2 Å². The van der Waals surface area contributed by atoms with E-state index in [1.165, 1.54) is 13.8 Å². The zero-order valence-electron chi connectivity index (χ0n) is 9.46. The maximum atomic E-state index is 12.9. The summed E-state index contributed by atoms with van der Waals surface area (Å²) in [7, 11) is 0. The fourth-order valence-electron chi connectivity index (χ4n) is 1.49. The smallest absolute Gasteiger partial charge is 0.304 e. The number of Topliss-reactive ketones (excluding diaryl/α,β-unsaturated/α-hetero) is 1. The van der Waals surface area contributed by atoms with E-state index in [1.807, 2.05) is 0 Å². The van der Waals surface area contributed by atoms with Gasteiger partial charge in [0.25, 0.3) is 0 Å². The van der Waals surface area contributed by atoms with E-state index >= 15 is 0 Å². The first-order chi connectivity index (χ1) is 7.74. The monoisotopic (exact) mass is 242 g/mol. The summed E-state index contributed by atoms with van der Waals surface area (Å²) >= 11 is 0. The van der Waals surface area contributed by atoms with Crippen molar-refractivity contribution >= 4 is 11.8 Å². The molecule has 0 saturated heterocycles. The summed E-state index contributed by atoms with van der Waals surface area (Å²) in [5.41, 5.74) is -1.19. The minimum Gasteiger partial charge on any atom is -0.481 e. The summed E-state index contributed by atoms with van der Waals surface area (Å²) in [6, 6.07) is 2.77. The van der Waals surface area contributed by atoms with Crippen molar-refractivity contribution in [3.8, 4) is 0 Å². The van der Waals surface area contributed by atoms with Gasteiger partial charge >= 0.3 is 5.97 Å². The molecular formula is C12H12F2O3. The number of hydrogen-bond donors (Lipinski definition) is 1. The number of carboxylic acids is 1. The molecule has 1 aromatic carbocycles. The Morgan fingerprint density at radius 2 is 1.82 bits per heavy atom. The molecule has 0 aliphatic carbocycles. The highest BCUT2D eigenvalue weighted by Gasteiger charge is 2.31. The molecule has 0 unspecified atom stereocenters. The van der Waals surface area contributed by atoms with Crippen molar-refractivity contribution in [2.75, 3.05) is 0 Å². The lowest BCUT2D eigenvalue weighted by Crippen LogP contribution is -2.27. The second kappa shape index (κ2) is 4.61. The Balaban J connectivity index is 3.03. The number of aliphatic carboxylic acids is 1. The third-order valence-electron chi connectivity index (χ3n) is 2.39. The Kier molecular flexibility index (Phi) is 3.60. The SMILES string of the molecule is CC(C)(CC(=O)O)C(=O)c1ccc(F)c(F)c1. The number of carbonyl (C=O) groups is 2. The first-order valence-electron chi connectivity index (χ1n) is 4.95. The van der Waals surface area contributed by atoms with Crippen molar-refractivity contribution in [3.63, 3.8) is 0 Å². The molecule has 3 nitrogen and oxygen atoms in total. The number of benzene rings is 1. The number of carboxylic acid groups (broad SMARTS) is 1. The molecule has 0 aliphatic rings. The Bertz CT molecular complexity index is 467. The van der Waals surface area contributed by atoms with Gasteiger partial charge < -0.3 is 5.11 Å². The lowest BCUT2D eigenvalue weighted by Gasteiger charge is -2.20. The van der Waals surface area contributed by atoms with Crippen LogP contribution in [-0.4, -0.2) is 16.9 Å². The second-order valence-corrected chi connectivity index (χ2v) is 4.41. The lowest BCUT2D eigenvalue weighted by molar-refractivity contribution is -0.138. The third kappa shape index (κ3) is 3.09. The van der Waals surface area contributed by atoms with Gasteiger partial charge in [-0.1, -0.05) is 13.8 Å². The zero-order chi connectivity index (χ0) is 13.2. The van der Waals surface area contributed by atoms with Crippen molar-refractivity contribution in [3.05, 3.63) is 35.4 Å². The fourth-order valence-corrected chi connectivity index (χ4v) is 1.49. The van der Waals surface area contributed by atoms with Crippen LogP contribution in [0.2, 0.25) is 0 Å². The molecule has 17 heavy (non-hydrogen) atoms. The molecule has 5 heteroatoms. The second-order valence-electron chi connectivity index (χ2n) is 4.41. The topological polar surface area (TPSA) is 54.4 Å². The van der Waals surface area contributed by atoms with Gasteiger partial charge in [0.2, 0.25) is 0 Å². The summed E-state index contributed by atoms with van der Waals surface area (Å²) in [4.78, 5) is 22.5. The van der Waals surface area contributed by atoms with Gasteiger partial charge in [-0.15, -0.1) is 0 Å². The number of hydrogen-bond acceptors (Lipinski definition) is 2. The molecule has 1 aromatic rings. The van der Waals surface area contributed by atoms with Gasteiger partial charge in [0.15, 0.2) is 17.4 Å². The summed E-state index contributed by atoms with van der Waals surface area (Å²) in [5, 5.41) is 8.66. The van der Waals surface area contributed by atoms with E-state index in [0.29, 0.717) is 0 Å². The highest BCUT2D eigenvalue weighted by Crippen LogP contribution is 2.26. The Hall–Kier alpha value is -1.78. The molecule has 0 aromatic heterocycles. The van der Waals surface area contributed by atoms with Crippen LogP contribution in [0.4, 0.5) is 8.78 Å². The van der Waals surface area contributed by atoms with E-state index in [0.717, 1.165) is 18.2 Å². The number of ketones is 1. The normalized spacial score (nSPS) is 11.3. The van der Waals surface area contributed by atoms with Crippen LogP contribution in [0.5, 0.6) is 0 Å². The van der Waals surface area contributed by atoms with Crippen molar-refractivity contribution in [1.82, 2.24) is 0 Å². The lowest BCUT2D eigenvalue weighted by atomic mass is 9.81. The van der Waals surface area contributed by atoms with Gasteiger partial charge in [0.1, 0.15) is 0 Å². The maximum Gasteiger partial charge on any atom is 0.304 e. The van der Waals surface area contributed by atoms with Crippen LogP contribution in [0.25, 0.3) is 0 Å². The van der Waals surface area contributed by atoms with E-state index in [1.54, 1.807) is 0 Å². The molecule has 92 valence electrons. The van der Waals surface area contributed by atoms with Crippen LogP contribution in [0.3, 0.4) is 0 Å². The summed E-state index contributed by atoms with van der Waals surface area (Å²) in [6.45, 7) is 2.90. The average Bonchev–Trinajstić information content (AvgIpc) is 2.19. The largest absolute Gasteiger partial charge is 0.481 e. The molecule has 0 aliphatic heterocycles. The molecule has 0 spiro atoms. The van der Waals surface area contributed by atoms with Crippen LogP contribution >= 0.6 is 0 Å². The molecule has 0 bridgehead atoms. The zero-order valence-corrected chi connectivity index (χ0v) is 9.46. The van der Waals surface area contributed by atoms with Gasteiger partial charge in [-0.3, -0.25) is 9.59 Å². The predicted molar refractivity (Wildman–Crippen MR) is 56.7 cm³/mol. The molecule has 0 heterocycles. The van der Waals surface area contributed by atoms with Crippen LogP contribution < -0.4 is 0 Å². The van der Waals surface area contributed by atoms with Crippen LogP contribution in [0, 0.1) is 17.0 Å². The summed E-state index contributed by atoms with van der Waals surface area (Å²) in [6.07, 6.45) is -0.370. The van der Waals surface area contributed by atoms with Crippen molar-refractivity contribution in [1.29, 1.82) is 0 Å². The Labute approximate surface area is 97.1 Å². The number of rotatable bonds is 4. The van der Waals surface area contributed by atoms with Gasteiger partial charge in [-0.05, 0) is 18.2 Å². The quantitative estimate of drug-likeness (QED) is 0.826. The van der Waals surface area contributed by atoms with Crippen molar-refractivity contribution in [2.24, 2.45) is 5.41 Å². The van der Waals surface area contributed by atoms with E-state index in [4.69, 9.17) is 5.11 Å². The maximum absolute atomic E-state index is 12.9. The highest BCUT2D eigenvalue weighted by molar-refractivity contribution is 6.01. The van der Waals surface area contributed by atoms with Gasteiger partial charge in [0, 0.05) is 11.0 Å².